The SMILES string of the molecule is C=C(C)C(O)Oc1cccc(-c2c3nc(c(CCCCCC)c4ccc([nH]4)c(-c4cccc(CC5(OCC)C(=O)C5COC(C)=O)c4)c4nc(c(CCCCCC)c5ccc2[nH]5)C=C4)C=C3)c1. The van der Waals surface area contributed by atoms with Crippen LogP contribution in [-0.4, -0.2) is 61.9 Å². The first-order chi connectivity index (χ1) is 32.5. The zero-order valence-electron chi connectivity index (χ0n) is 39.7. The number of nitrogens with zero attached hydrogens (tertiary/aromatic N) is 2. The van der Waals surface area contributed by atoms with Crippen molar-refractivity contribution in [3.8, 4) is 28.0 Å². The summed E-state index contributed by atoms with van der Waals surface area (Å²) in [6.45, 7) is 13.7. The van der Waals surface area contributed by atoms with Crippen LogP contribution >= 0.6 is 0 Å². The van der Waals surface area contributed by atoms with Gasteiger partial charge in [0, 0.05) is 64.3 Å². The number of benzene rings is 2. The molecule has 3 unspecified atom stereocenters. The van der Waals surface area contributed by atoms with E-state index in [1.165, 1.54) is 6.92 Å². The fourth-order valence-corrected chi connectivity index (χ4v) is 9.50. The number of carbonyl (C=O) groups is 2. The van der Waals surface area contributed by atoms with Crippen LogP contribution in [0.4, 0.5) is 0 Å². The highest BCUT2D eigenvalue weighted by Crippen LogP contribution is 2.46. The van der Waals surface area contributed by atoms with Gasteiger partial charge in [0.1, 0.15) is 18.0 Å². The van der Waals surface area contributed by atoms with Gasteiger partial charge in [-0.1, -0.05) is 95.3 Å². The first kappa shape index (κ1) is 47.1. The Hall–Kier alpha value is -6.36. The number of fused-ring (bicyclic) bond motifs is 8. The summed E-state index contributed by atoms with van der Waals surface area (Å²) in [4.78, 5) is 43.7. The second kappa shape index (κ2) is 21.1. The number of aromatic amines is 2. The number of esters is 1. The number of carbonyl (C=O) groups excluding carboxylic acids is 2. The predicted octanol–water partition coefficient (Wildman–Crippen LogP) is 12.6. The molecule has 8 rings (SSSR count). The van der Waals surface area contributed by atoms with Crippen molar-refractivity contribution in [2.75, 3.05) is 13.2 Å². The topological polar surface area (TPSA) is 139 Å². The van der Waals surface area contributed by atoms with Crippen LogP contribution in [0, 0.1) is 5.92 Å². The van der Waals surface area contributed by atoms with Gasteiger partial charge in [-0.3, -0.25) is 9.59 Å². The van der Waals surface area contributed by atoms with Gasteiger partial charge in [0.2, 0.25) is 6.29 Å². The van der Waals surface area contributed by atoms with Gasteiger partial charge >= 0.3 is 5.97 Å². The molecule has 8 bridgehead atoms. The van der Waals surface area contributed by atoms with Crippen molar-refractivity contribution < 1.29 is 28.9 Å². The first-order valence-electron chi connectivity index (χ1n) is 24.2. The normalized spacial score (nSPS) is 16.6. The largest absolute Gasteiger partial charge is 0.465 e. The van der Waals surface area contributed by atoms with Crippen molar-refractivity contribution in [1.82, 2.24) is 19.9 Å². The summed E-state index contributed by atoms with van der Waals surface area (Å²) in [5.74, 6) is -0.436. The van der Waals surface area contributed by atoms with Crippen molar-refractivity contribution in [1.29, 1.82) is 0 Å². The molecular formula is C57H64N4O6. The van der Waals surface area contributed by atoms with Crippen molar-refractivity contribution in [2.24, 2.45) is 5.92 Å². The Morgan fingerprint density at radius 1 is 0.716 bits per heavy atom. The number of Topliss-reactive ketones (excluding diaryl/α,β-unsaturated/α-hetero) is 1. The number of ether oxygens (including phenoxy) is 3. The molecule has 348 valence electrons. The van der Waals surface area contributed by atoms with E-state index in [4.69, 9.17) is 24.2 Å². The molecule has 10 heteroatoms. The van der Waals surface area contributed by atoms with Gasteiger partial charge in [-0.2, -0.15) is 0 Å². The van der Waals surface area contributed by atoms with Gasteiger partial charge in [-0.25, -0.2) is 9.97 Å². The minimum atomic E-state index is -1.13. The lowest BCUT2D eigenvalue weighted by Gasteiger charge is -2.16. The summed E-state index contributed by atoms with van der Waals surface area (Å²) in [5.41, 5.74) is 13.7. The van der Waals surface area contributed by atoms with E-state index in [9.17, 15) is 14.7 Å². The molecule has 1 fully saturated rings. The summed E-state index contributed by atoms with van der Waals surface area (Å²) in [7, 11) is 0. The molecule has 10 nitrogen and oxygen atoms in total. The van der Waals surface area contributed by atoms with Gasteiger partial charge in [0.15, 0.2) is 5.78 Å². The summed E-state index contributed by atoms with van der Waals surface area (Å²) in [6, 6.07) is 24.7. The van der Waals surface area contributed by atoms with E-state index in [1.807, 2.05) is 37.3 Å². The monoisotopic (exact) mass is 900 g/mol. The Morgan fingerprint density at radius 3 is 1.79 bits per heavy atom. The number of aliphatic hydroxyl groups is 1. The third-order valence-corrected chi connectivity index (χ3v) is 13.1. The van der Waals surface area contributed by atoms with Gasteiger partial charge in [0.05, 0.1) is 28.7 Å². The zero-order chi connectivity index (χ0) is 47.1. The number of aryl methyl sites for hydroxylation is 2. The molecule has 3 atom stereocenters. The van der Waals surface area contributed by atoms with E-state index >= 15 is 0 Å². The van der Waals surface area contributed by atoms with E-state index in [0.29, 0.717) is 24.4 Å². The van der Waals surface area contributed by atoms with E-state index in [1.54, 1.807) is 6.92 Å². The van der Waals surface area contributed by atoms with Crippen molar-refractivity contribution >= 4 is 58.1 Å². The highest BCUT2D eigenvalue weighted by Gasteiger charge is 2.66. The smallest absolute Gasteiger partial charge is 0.302 e. The number of hydrogen-bond acceptors (Lipinski definition) is 8. The lowest BCUT2D eigenvalue weighted by Crippen LogP contribution is -2.24. The third-order valence-electron chi connectivity index (χ3n) is 13.1. The van der Waals surface area contributed by atoms with Gasteiger partial charge in [-0.15, -0.1) is 0 Å². The maximum absolute atomic E-state index is 13.4. The van der Waals surface area contributed by atoms with Crippen LogP contribution in [-0.2, 0) is 38.3 Å². The zero-order valence-corrected chi connectivity index (χ0v) is 39.7. The number of unbranched alkanes of at least 4 members (excludes halogenated alkanes) is 6. The molecule has 5 heterocycles. The average molecular weight is 901 g/mol. The molecule has 3 aromatic heterocycles. The molecule has 0 radical (unpaired) electrons. The number of ketones is 1. The Balaban J connectivity index is 1.36. The Bertz CT molecular complexity index is 2870. The predicted molar refractivity (Wildman–Crippen MR) is 270 cm³/mol. The highest BCUT2D eigenvalue weighted by molar-refractivity contribution is 6.07. The quantitative estimate of drug-likeness (QED) is 0.0280. The number of aliphatic hydroxyl groups excluding tert-OH is 1. The van der Waals surface area contributed by atoms with Crippen molar-refractivity contribution in [3.63, 3.8) is 0 Å². The Kier molecular flexibility index (Phi) is 14.8. The second-order valence-electron chi connectivity index (χ2n) is 18.1. The van der Waals surface area contributed by atoms with Crippen molar-refractivity contribution in [2.45, 2.75) is 117 Å². The molecule has 1 saturated carbocycles. The summed E-state index contributed by atoms with van der Waals surface area (Å²) >= 11 is 0. The maximum atomic E-state index is 13.4. The van der Waals surface area contributed by atoms with Crippen LogP contribution < -0.4 is 4.74 Å². The fraction of sp³-hybridized carbons (Fsp3) is 0.368. The average Bonchev–Trinajstić information content (AvgIpc) is 4.05. The van der Waals surface area contributed by atoms with Crippen LogP contribution in [0.5, 0.6) is 5.75 Å². The van der Waals surface area contributed by atoms with E-state index < -0.39 is 23.8 Å². The number of hydrogen-bond donors (Lipinski definition) is 3. The van der Waals surface area contributed by atoms with Gasteiger partial charge < -0.3 is 29.3 Å². The van der Waals surface area contributed by atoms with Crippen LogP contribution in [0.1, 0.15) is 125 Å². The number of rotatable bonds is 21. The Morgan fingerprint density at radius 2 is 1.25 bits per heavy atom. The number of H-pyrrole nitrogens is 2. The van der Waals surface area contributed by atoms with Crippen LogP contribution in [0.15, 0.2) is 84.9 Å². The Labute approximate surface area is 394 Å². The molecule has 2 aromatic carbocycles. The van der Waals surface area contributed by atoms with E-state index in [-0.39, 0.29) is 12.4 Å². The molecule has 2 aliphatic heterocycles. The summed E-state index contributed by atoms with van der Waals surface area (Å²) < 4.78 is 17.4. The molecule has 0 amide bonds. The second-order valence-corrected chi connectivity index (χ2v) is 18.1. The van der Waals surface area contributed by atoms with Crippen LogP contribution in [0.2, 0.25) is 0 Å². The number of nitrogens with one attached hydrogen (secondary N) is 2. The lowest BCUT2D eigenvalue weighted by atomic mass is 9.97. The third kappa shape index (κ3) is 10.5. The van der Waals surface area contributed by atoms with Crippen LogP contribution in [0.3, 0.4) is 0 Å². The molecular weight excluding hydrogens is 837 g/mol. The molecule has 1 aliphatic carbocycles. The molecule has 0 spiro atoms. The van der Waals surface area contributed by atoms with Gasteiger partial charge in [-0.05, 0) is 122 Å². The minimum Gasteiger partial charge on any atom is -0.465 e. The molecule has 5 aromatic rings. The fourth-order valence-electron chi connectivity index (χ4n) is 9.50. The van der Waals surface area contributed by atoms with Crippen LogP contribution in [0.25, 0.3) is 68.6 Å². The van der Waals surface area contributed by atoms with E-state index in [2.05, 4.69) is 97.2 Å². The summed E-state index contributed by atoms with van der Waals surface area (Å²) in [5, 5.41) is 10.6. The lowest BCUT2D eigenvalue weighted by molar-refractivity contribution is -0.142. The highest BCUT2D eigenvalue weighted by atomic mass is 16.6. The first-order valence-corrected chi connectivity index (χ1v) is 24.2. The molecule has 0 saturated heterocycles. The minimum absolute atomic E-state index is 0.00956. The van der Waals surface area contributed by atoms with E-state index in [0.717, 1.165) is 148 Å². The molecule has 67 heavy (non-hydrogen) atoms. The van der Waals surface area contributed by atoms with Gasteiger partial charge in [0.25, 0.3) is 0 Å². The molecule has 3 aliphatic rings. The molecule has 3 N–H and O–H groups in total. The van der Waals surface area contributed by atoms with Crippen molar-refractivity contribution in [3.05, 3.63) is 124 Å². The summed E-state index contributed by atoms with van der Waals surface area (Å²) in [6.07, 6.45) is 18.3. The maximum Gasteiger partial charge on any atom is 0.302 e. The number of aromatic nitrogens is 4. The standard InChI is InChI=1S/C57H64N4O6/c1-7-10-12-14-22-42-45-24-28-49(58-45)53(39-19-16-18-38(32-39)34-57(66-9-3)44(55(57)63)35-65-37(6)62)50-29-25-46(59-50)43(23-15-13-11-8-2)48-27-31-52(61-48)54(51-30-26-47(42)60-51)40-20-17-21-41(33-40)67-56(64)36(4)5/h16-21,24-33,44,56,58,61,64H,4,7-15,22-23,34-35H2,1-3,5-6H3.